The first-order chi connectivity index (χ1) is 24.8. The van der Waals surface area contributed by atoms with E-state index < -0.39 is 28.0 Å². The minimum atomic E-state index is -4.37. The third-order valence-electron chi connectivity index (χ3n) is 8.59. The highest BCUT2D eigenvalue weighted by Gasteiger charge is 2.24. The zero-order valence-corrected chi connectivity index (χ0v) is 33.3. The molecule has 0 aliphatic carbocycles. The van der Waals surface area contributed by atoms with Gasteiger partial charge in [-0.05, 0) is 57.8 Å². The summed E-state index contributed by atoms with van der Waals surface area (Å²) in [5.74, 6) is -1.10. The summed E-state index contributed by atoms with van der Waals surface area (Å²) in [6.07, 6.45) is 54.3. The van der Waals surface area contributed by atoms with Gasteiger partial charge in [0.1, 0.15) is 0 Å². The van der Waals surface area contributed by atoms with Gasteiger partial charge in [-0.2, -0.15) is 8.42 Å². The predicted molar refractivity (Wildman–Crippen MR) is 220 cm³/mol. The van der Waals surface area contributed by atoms with E-state index in [1.807, 2.05) is 18.2 Å². The summed E-state index contributed by atoms with van der Waals surface area (Å²) in [5, 5.41) is 13.2. The van der Waals surface area contributed by atoms with E-state index in [0.29, 0.717) is 6.42 Å². The second kappa shape index (κ2) is 37.3. The Kier molecular flexibility index (Phi) is 35.5. The number of carbonyl (C=O) groups excluding carboxylic acids is 1. The summed E-state index contributed by atoms with van der Waals surface area (Å²) >= 11 is 0. The number of hydrogen-bond donors (Lipinski definition) is 3. The molecule has 2 unspecified atom stereocenters. The smallest absolute Gasteiger partial charge is 0.267 e. The average molecular weight is 730 g/mol. The van der Waals surface area contributed by atoms with E-state index in [2.05, 4.69) is 79.9 Å². The van der Waals surface area contributed by atoms with Crippen molar-refractivity contribution < 1.29 is 22.9 Å². The van der Waals surface area contributed by atoms with Crippen LogP contribution in [0.4, 0.5) is 0 Å². The van der Waals surface area contributed by atoms with Crippen molar-refractivity contribution in [1.82, 2.24) is 5.32 Å². The van der Waals surface area contributed by atoms with Gasteiger partial charge in [0.2, 0.25) is 5.91 Å². The fourth-order valence-electron chi connectivity index (χ4n) is 5.59. The van der Waals surface area contributed by atoms with Crippen LogP contribution < -0.4 is 5.32 Å². The Hall–Kier alpha value is -2.48. The topological polar surface area (TPSA) is 104 Å². The Morgan fingerprint density at radius 1 is 0.549 bits per heavy atom. The highest BCUT2D eigenvalue weighted by atomic mass is 32.2. The summed E-state index contributed by atoms with van der Waals surface area (Å²) in [7, 11) is -4.37. The Morgan fingerprint density at radius 3 is 1.35 bits per heavy atom. The molecule has 7 heteroatoms. The van der Waals surface area contributed by atoms with Crippen LogP contribution in [0.2, 0.25) is 0 Å². The highest BCUT2D eigenvalue weighted by Crippen LogP contribution is 2.14. The Morgan fingerprint density at radius 2 is 0.941 bits per heavy atom. The quantitative estimate of drug-likeness (QED) is 0.0342. The molecule has 1 amide bonds. The third kappa shape index (κ3) is 38.6. The maximum atomic E-state index is 12.5. The predicted octanol–water partition coefficient (Wildman–Crippen LogP) is 12.0. The van der Waals surface area contributed by atoms with Crippen molar-refractivity contribution >= 4 is 16.0 Å². The summed E-state index contributed by atoms with van der Waals surface area (Å²) in [5.41, 5.74) is 0. The molecule has 0 aliphatic rings. The van der Waals surface area contributed by atoms with Gasteiger partial charge in [0.05, 0.1) is 17.9 Å². The number of aliphatic hydroxyl groups excluding tert-OH is 1. The van der Waals surface area contributed by atoms with Gasteiger partial charge in [0.15, 0.2) is 0 Å². The number of unbranched alkanes of at least 4 members (excludes halogenated alkanes) is 15. The largest absolute Gasteiger partial charge is 0.387 e. The van der Waals surface area contributed by atoms with Gasteiger partial charge in [0, 0.05) is 6.42 Å². The molecule has 0 spiro atoms. The number of amides is 1. The molecule has 0 aromatic carbocycles. The molecule has 0 rings (SSSR count). The van der Waals surface area contributed by atoms with Crippen LogP contribution in [0.15, 0.2) is 85.1 Å². The van der Waals surface area contributed by atoms with Gasteiger partial charge in [0.25, 0.3) is 10.1 Å². The maximum absolute atomic E-state index is 12.5. The normalized spacial score (nSPS) is 14.2. The number of allylic oxidation sites excluding steroid dienone is 13. The van der Waals surface area contributed by atoms with Crippen LogP contribution in [-0.4, -0.2) is 41.9 Å². The minimum absolute atomic E-state index is 0.166. The molecular weight excluding hydrogens is 655 g/mol. The summed E-state index contributed by atoms with van der Waals surface area (Å²) in [6.45, 7) is 4.40. The lowest BCUT2D eigenvalue weighted by atomic mass is 10.0. The lowest BCUT2D eigenvalue weighted by Gasteiger charge is -2.20. The van der Waals surface area contributed by atoms with Crippen LogP contribution in [0.5, 0.6) is 0 Å². The lowest BCUT2D eigenvalue weighted by Crippen LogP contribution is -2.46. The van der Waals surface area contributed by atoms with Crippen molar-refractivity contribution in [2.45, 2.75) is 180 Å². The van der Waals surface area contributed by atoms with Gasteiger partial charge >= 0.3 is 0 Å². The van der Waals surface area contributed by atoms with Crippen molar-refractivity contribution in [3.05, 3.63) is 85.1 Å². The molecule has 0 aromatic rings. The number of nitrogens with one attached hydrogen (secondary N) is 1. The second-order valence-corrected chi connectivity index (χ2v) is 15.0. The fraction of sp³-hybridized carbons (Fsp3) is 0.659. The van der Waals surface area contributed by atoms with Crippen molar-refractivity contribution in [2.75, 3.05) is 5.75 Å². The molecule has 0 heterocycles. The van der Waals surface area contributed by atoms with Gasteiger partial charge in [-0.3, -0.25) is 9.35 Å². The molecule has 292 valence electrons. The molecular formula is C44H75NO5S. The van der Waals surface area contributed by atoms with Crippen LogP contribution in [0.25, 0.3) is 0 Å². The van der Waals surface area contributed by atoms with Crippen LogP contribution >= 0.6 is 0 Å². The Bertz CT molecular complexity index is 1120. The van der Waals surface area contributed by atoms with E-state index in [4.69, 9.17) is 0 Å². The van der Waals surface area contributed by atoms with Gasteiger partial charge in [-0.25, -0.2) is 0 Å². The first-order valence-corrected chi connectivity index (χ1v) is 21.9. The van der Waals surface area contributed by atoms with E-state index in [-0.39, 0.29) is 12.3 Å². The SMILES string of the molecule is CC/C=C\C/C=C\C/C=C\C/C=C\C/C=C\C/C=C\CCC(=O)NC(CS(=O)(=O)O)C(O)/C=C/CCCCCCCCCCCCCCCCC. The lowest BCUT2D eigenvalue weighted by molar-refractivity contribution is -0.122. The molecule has 0 aromatic heterocycles. The van der Waals surface area contributed by atoms with Crippen molar-refractivity contribution in [3.8, 4) is 0 Å². The maximum Gasteiger partial charge on any atom is 0.267 e. The molecule has 0 saturated carbocycles. The average Bonchev–Trinajstić information content (AvgIpc) is 3.09. The van der Waals surface area contributed by atoms with Gasteiger partial charge in [-0.1, -0.05) is 189 Å². The van der Waals surface area contributed by atoms with Crippen molar-refractivity contribution in [3.63, 3.8) is 0 Å². The first kappa shape index (κ1) is 48.5. The molecule has 0 fully saturated rings. The van der Waals surface area contributed by atoms with E-state index in [1.165, 1.54) is 89.5 Å². The van der Waals surface area contributed by atoms with Crippen LogP contribution in [0.3, 0.4) is 0 Å². The van der Waals surface area contributed by atoms with E-state index >= 15 is 0 Å². The molecule has 0 aliphatic heterocycles. The van der Waals surface area contributed by atoms with Crippen LogP contribution in [0.1, 0.15) is 168 Å². The standard InChI is InChI=1S/C44H75NO5S/c1-3-5-7-9-11-13-15-17-19-21-22-24-26-28-30-32-34-36-38-40-44(47)45-42(41-51(48,49)50)43(46)39-37-35-33-31-29-27-25-23-20-18-16-14-12-10-8-6-4-2/h5,7,11,13,17,19,22,24,28,30,34,36-37,39,42-43,46H,3-4,6,8-10,12,14-16,18,20-21,23,25-27,29,31-33,35,38,40-41H2,1-2H3,(H,45,47)(H,48,49,50)/b7-5-,13-11-,19-17-,24-22-,30-28-,36-34-,39-37+. The number of carbonyl (C=O) groups is 1. The molecule has 51 heavy (non-hydrogen) atoms. The Labute approximate surface area is 314 Å². The summed E-state index contributed by atoms with van der Waals surface area (Å²) in [4.78, 5) is 12.5. The molecule has 2 atom stereocenters. The van der Waals surface area contributed by atoms with Crippen molar-refractivity contribution in [1.29, 1.82) is 0 Å². The van der Waals surface area contributed by atoms with Crippen LogP contribution in [0, 0.1) is 0 Å². The number of hydrogen-bond acceptors (Lipinski definition) is 4. The third-order valence-corrected chi connectivity index (χ3v) is 9.37. The second-order valence-electron chi connectivity index (χ2n) is 13.5. The number of aliphatic hydroxyl groups is 1. The molecule has 3 N–H and O–H groups in total. The highest BCUT2D eigenvalue weighted by molar-refractivity contribution is 7.85. The Balaban J connectivity index is 4.10. The molecule has 6 nitrogen and oxygen atoms in total. The van der Waals surface area contributed by atoms with E-state index in [1.54, 1.807) is 0 Å². The fourth-order valence-corrected chi connectivity index (χ4v) is 6.32. The van der Waals surface area contributed by atoms with E-state index in [9.17, 15) is 22.9 Å². The summed E-state index contributed by atoms with van der Waals surface area (Å²) < 4.78 is 32.5. The van der Waals surface area contributed by atoms with Gasteiger partial charge < -0.3 is 10.4 Å². The van der Waals surface area contributed by atoms with E-state index in [0.717, 1.165) is 57.8 Å². The zero-order chi connectivity index (χ0) is 37.5. The first-order valence-electron chi connectivity index (χ1n) is 20.3. The monoisotopic (exact) mass is 730 g/mol. The van der Waals surface area contributed by atoms with Crippen molar-refractivity contribution in [2.24, 2.45) is 0 Å². The van der Waals surface area contributed by atoms with Gasteiger partial charge in [-0.15, -0.1) is 0 Å². The van der Waals surface area contributed by atoms with Crippen LogP contribution in [-0.2, 0) is 14.9 Å². The minimum Gasteiger partial charge on any atom is -0.387 e. The summed E-state index contributed by atoms with van der Waals surface area (Å²) in [6, 6.07) is -1.10. The molecule has 0 bridgehead atoms. The number of rotatable bonds is 35. The zero-order valence-electron chi connectivity index (χ0n) is 32.4. The molecule has 0 saturated heterocycles. The molecule has 0 radical (unpaired) electrons.